The molecule has 2 amide bonds. The first-order valence-electron chi connectivity index (χ1n) is 14.1. The second-order valence-corrected chi connectivity index (χ2v) is 12.7. The summed E-state index contributed by atoms with van der Waals surface area (Å²) in [6, 6.07) is 15.3. The van der Waals surface area contributed by atoms with Gasteiger partial charge in [0.1, 0.15) is 11.4 Å². The highest BCUT2D eigenvalue weighted by atomic mass is 16.6. The van der Waals surface area contributed by atoms with Crippen LogP contribution < -0.4 is 10.1 Å². The van der Waals surface area contributed by atoms with E-state index in [9.17, 15) is 9.59 Å². The molecule has 3 saturated heterocycles. The molecule has 4 aliphatic heterocycles. The number of fused-ring (bicyclic) bond motifs is 3. The van der Waals surface area contributed by atoms with E-state index < -0.39 is 0 Å². The molecule has 7 nitrogen and oxygen atoms in total. The Bertz CT molecular complexity index is 1210. The zero-order valence-electron chi connectivity index (χ0n) is 22.8. The van der Waals surface area contributed by atoms with Gasteiger partial charge in [-0.3, -0.25) is 4.79 Å². The summed E-state index contributed by atoms with van der Waals surface area (Å²) >= 11 is 0. The minimum Gasteiger partial charge on any atom is -0.487 e. The van der Waals surface area contributed by atoms with Crippen molar-refractivity contribution in [1.82, 2.24) is 15.1 Å². The maximum absolute atomic E-state index is 13.0. The number of nitrogens with one attached hydrogen (secondary N) is 1. The van der Waals surface area contributed by atoms with E-state index in [0.29, 0.717) is 31.8 Å². The van der Waals surface area contributed by atoms with Gasteiger partial charge in [-0.05, 0) is 65.6 Å². The highest BCUT2D eigenvalue weighted by Crippen LogP contribution is 2.41. The predicted octanol–water partition coefficient (Wildman–Crippen LogP) is 4.88. The highest BCUT2D eigenvalue weighted by Gasteiger charge is 2.42. The van der Waals surface area contributed by atoms with E-state index in [-0.39, 0.29) is 23.0 Å². The van der Waals surface area contributed by atoms with Gasteiger partial charge in [0, 0.05) is 56.7 Å². The fraction of sp³-hybridized carbons (Fsp3) is 0.548. The maximum atomic E-state index is 13.0. The summed E-state index contributed by atoms with van der Waals surface area (Å²) in [6.45, 7) is 9.68. The summed E-state index contributed by atoms with van der Waals surface area (Å²) in [7, 11) is 0. The molecule has 202 valence electrons. The smallest absolute Gasteiger partial charge is 0.409 e. The van der Waals surface area contributed by atoms with E-state index in [4.69, 9.17) is 9.47 Å². The molecule has 7 heteroatoms. The van der Waals surface area contributed by atoms with E-state index in [1.54, 1.807) is 0 Å². The molecule has 0 aromatic heterocycles. The maximum Gasteiger partial charge on any atom is 0.409 e. The molecule has 4 aliphatic rings. The predicted molar refractivity (Wildman–Crippen MR) is 146 cm³/mol. The van der Waals surface area contributed by atoms with Crippen LogP contribution in [0.15, 0.2) is 42.5 Å². The van der Waals surface area contributed by atoms with Crippen LogP contribution in [0.2, 0.25) is 0 Å². The second kappa shape index (κ2) is 9.60. The lowest BCUT2D eigenvalue weighted by atomic mass is 9.82. The zero-order chi connectivity index (χ0) is 26.5. The number of carbonyl (C=O) groups is 2. The molecular formula is C31H39N3O4. The van der Waals surface area contributed by atoms with Gasteiger partial charge in [0.25, 0.3) is 5.91 Å². The van der Waals surface area contributed by atoms with Crippen molar-refractivity contribution in [2.24, 2.45) is 5.41 Å². The minimum atomic E-state index is -0.215. The molecule has 6 rings (SSSR count). The number of hydrogen-bond acceptors (Lipinski definition) is 5. The molecule has 4 heterocycles. The van der Waals surface area contributed by atoms with Crippen molar-refractivity contribution in [2.75, 3.05) is 32.8 Å². The van der Waals surface area contributed by atoms with Gasteiger partial charge in [-0.1, -0.05) is 39.0 Å². The number of benzene rings is 2. The second-order valence-electron chi connectivity index (χ2n) is 12.7. The number of ether oxygens (including phenoxy) is 2. The van der Waals surface area contributed by atoms with Crippen LogP contribution in [0, 0.1) is 5.41 Å². The summed E-state index contributed by atoms with van der Waals surface area (Å²) in [5.41, 5.74) is 3.99. The van der Waals surface area contributed by atoms with Crippen LogP contribution in [0.4, 0.5) is 4.79 Å². The van der Waals surface area contributed by atoms with E-state index in [1.165, 1.54) is 5.56 Å². The van der Waals surface area contributed by atoms with E-state index in [1.807, 2.05) is 21.9 Å². The van der Waals surface area contributed by atoms with Crippen LogP contribution in [0.3, 0.4) is 0 Å². The van der Waals surface area contributed by atoms with Crippen LogP contribution in [0.5, 0.6) is 5.75 Å². The van der Waals surface area contributed by atoms with Gasteiger partial charge in [-0.25, -0.2) is 4.79 Å². The summed E-state index contributed by atoms with van der Waals surface area (Å²) in [6.07, 6.45) is 4.42. The number of likely N-dealkylation sites (tertiary alicyclic amines) is 2. The zero-order valence-corrected chi connectivity index (χ0v) is 22.8. The van der Waals surface area contributed by atoms with Gasteiger partial charge >= 0.3 is 6.09 Å². The third kappa shape index (κ3) is 5.00. The standard InChI is InChI=1S/C31H39N3O4/c1-30(2,3)20-37-29(36)33-14-12-31(13-15-33)11-10-24-16-23(8-9-27(24)38-31)21-4-6-22(7-5-21)28(35)34-19-25-17-26(34)18-32-25/h4-9,16,25-26,32H,10-15,17-20H2,1-3H3/t25-,26-/m0/s1. The fourth-order valence-corrected chi connectivity index (χ4v) is 6.30. The van der Waals surface area contributed by atoms with E-state index in [0.717, 1.165) is 67.6 Å². The lowest BCUT2D eigenvalue weighted by Crippen LogP contribution is -2.51. The fourth-order valence-electron chi connectivity index (χ4n) is 6.30. The monoisotopic (exact) mass is 517 g/mol. The third-order valence-corrected chi connectivity index (χ3v) is 8.58. The Morgan fingerprint density at radius 1 is 1.05 bits per heavy atom. The topological polar surface area (TPSA) is 71.1 Å². The first-order chi connectivity index (χ1) is 18.2. The van der Waals surface area contributed by atoms with Crippen molar-refractivity contribution in [3.05, 3.63) is 53.6 Å². The Kier molecular flexibility index (Phi) is 6.37. The quantitative estimate of drug-likeness (QED) is 0.628. The van der Waals surface area contributed by atoms with Crippen LogP contribution in [0.25, 0.3) is 11.1 Å². The van der Waals surface area contributed by atoms with Gasteiger partial charge in [-0.2, -0.15) is 0 Å². The molecule has 2 aromatic rings. The van der Waals surface area contributed by atoms with Crippen molar-refractivity contribution in [1.29, 1.82) is 0 Å². The number of rotatable bonds is 3. The molecule has 0 radical (unpaired) electrons. The third-order valence-electron chi connectivity index (χ3n) is 8.58. The largest absolute Gasteiger partial charge is 0.487 e. The summed E-state index contributed by atoms with van der Waals surface area (Å²) in [5, 5.41) is 3.46. The molecule has 3 fully saturated rings. The number of carbonyl (C=O) groups excluding carboxylic acids is 2. The average molecular weight is 518 g/mol. The Hall–Kier alpha value is -3.06. The van der Waals surface area contributed by atoms with Crippen LogP contribution >= 0.6 is 0 Å². The number of aryl methyl sites for hydroxylation is 1. The lowest BCUT2D eigenvalue weighted by Gasteiger charge is -2.44. The number of piperidine rings is 1. The van der Waals surface area contributed by atoms with Gasteiger partial charge in [0.15, 0.2) is 0 Å². The highest BCUT2D eigenvalue weighted by molar-refractivity contribution is 5.95. The molecule has 1 spiro atoms. The van der Waals surface area contributed by atoms with Crippen molar-refractivity contribution in [3.8, 4) is 16.9 Å². The van der Waals surface area contributed by atoms with Gasteiger partial charge in [0.05, 0.1) is 6.61 Å². The summed E-state index contributed by atoms with van der Waals surface area (Å²) in [5.74, 6) is 1.09. The summed E-state index contributed by atoms with van der Waals surface area (Å²) < 4.78 is 12.1. The Morgan fingerprint density at radius 3 is 2.45 bits per heavy atom. The van der Waals surface area contributed by atoms with Crippen molar-refractivity contribution in [3.63, 3.8) is 0 Å². The van der Waals surface area contributed by atoms with Crippen molar-refractivity contribution in [2.45, 2.75) is 70.6 Å². The first kappa shape index (κ1) is 25.2. The SMILES string of the molecule is CC(C)(C)COC(=O)N1CCC2(CCc3cc(-c4ccc(C(=O)N5C[C@@H]6C[C@H]5CN6)cc4)ccc3O2)CC1. The van der Waals surface area contributed by atoms with Gasteiger partial charge < -0.3 is 24.6 Å². The molecule has 38 heavy (non-hydrogen) atoms. The number of amides is 2. The first-order valence-corrected chi connectivity index (χ1v) is 14.1. The molecule has 2 atom stereocenters. The average Bonchev–Trinajstić information content (AvgIpc) is 3.55. The van der Waals surface area contributed by atoms with Gasteiger partial charge in [-0.15, -0.1) is 0 Å². The van der Waals surface area contributed by atoms with E-state index in [2.05, 4.69) is 56.4 Å². The number of nitrogens with zero attached hydrogens (tertiary/aromatic N) is 2. The normalized spacial score (nSPS) is 23.8. The van der Waals surface area contributed by atoms with Gasteiger partial charge in [0.2, 0.25) is 0 Å². The van der Waals surface area contributed by atoms with E-state index >= 15 is 0 Å². The molecule has 1 N–H and O–H groups in total. The number of hydrogen-bond donors (Lipinski definition) is 1. The Balaban J connectivity index is 1.07. The molecule has 2 bridgehead atoms. The molecule has 0 unspecified atom stereocenters. The van der Waals surface area contributed by atoms with Crippen LogP contribution in [-0.4, -0.2) is 72.3 Å². The van der Waals surface area contributed by atoms with Crippen LogP contribution in [-0.2, 0) is 11.2 Å². The van der Waals surface area contributed by atoms with Crippen molar-refractivity contribution < 1.29 is 19.1 Å². The van der Waals surface area contributed by atoms with Crippen LogP contribution in [0.1, 0.15) is 62.4 Å². The molecule has 0 saturated carbocycles. The lowest BCUT2D eigenvalue weighted by molar-refractivity contribution is -0.0171. The Labute approximate surface area is 225 Å². The Morgan fingerprint density at radius 2 is 1.79 bits per heavy atom. The number of piperazine rings is 1. The summed E-state index contributed by atoms with van der Waals surface area (Å²) in [4.78, 5) is 29.3. The minimum absolute atomic E-state index is 0.0353. The molecular weight excluding hydrogens is 478 g/mol. The van der Waals surface area contributed by atoms with Crippen molar-refractivity contribution >= 4 is 12.0 Å². The molecule has 0 aliphatic carbocycles. The molecule has 2 aromatic carbocycles.